The van der Waals surface area contributed by atoms with Gasteiger partial charge >= 0.3 is 0 Å². The Bertz CT molecular complexity index is 203. The first-order valence-corrected chi connectivity index (χ1v) is 7.53. The van der Waals surface area contributed by atoms with E-state index in [1.807, 2.05) is 0 Å². The highest BCUT2D eigenvalue weighted by atomic mass is 15.2. The fourth-order valence-electron chi connectivity index (χ4n) is 3.06. The summed E-state index contributed by atoms with van der Waals surface area (Å²) in [5, 5.41) is 3.60. The molecule has 0 bridgehead atoms. The van der Waals surface area contributed by atoms with Crippen LogP contribution >= 0.6 is 0 Å². The highest BCUT2D eigenvalue weighted by Crippen LogP contribution is 2.22. The third-order valence-corrected chi connectivity index (χ3v) is 4.15. The largest absolute Gasteiger partial charge is 0.314 e. The second kappa shape index (κ2) is 7.38. The van der Waals surface area contributed by atoms with E-state index < -0.39 is 0 Å². The van der Waals surface area contributed by atoms with E-state index >= 15 is 0 Å². The second-order valence-electron chi connectivity index (χ2n) is 6.19. The molecule has 1 rings (SSSR count). The van der Waals surface area contributed by atoms with Gasteiger partial charge in [0, 0.05) is 24.7 Å². The van der Waals surface area contributed by atoms with Crippen LogP contribution in [-0.2, 0) is 0 Å². The van der Waals surface area contributed by atoms with Crippen LogP contribution in [-0.4, -0.2) is 36.1 Å². The van der Waals surface area contributed by atoms with Crippen LogP contribution in [0.1, 0.15) is 60.3 Å². The Hall–Kier alpha value is -0.0800. The minimum atomic E-state index is 0.745. The topological polar surface area (TPSA) is 15.3 Å². The summed E-state index contributed by atoms with van der Waals surface area (Å²) in [6.45, 7) is 14.1. The van der Waals surface area contributed by atoms with Crippen LogP contribution in [0, 0.1) is 5.92 Å². The van der Waals surface area contributed by atoms with E-state index in [1.165, 1.54) is 32.2 Å². The predicted molar refractivity (Wildman–Crippen MR) is 76.4 cm³/mol. The lowest BCUT2D eigenvalue weighted by molar-refractivity contribution is 0.0890. The monoisotopic (exact) mass is 240 g/mol. The number of rotatable bonds is 6. The molecule has 0 spiro atoms. The van der Waals surface area contributed by atoms with E-state index in [9.17, 15) is 0 Å². The van der Waals surface area contributed by atoms with Gasteiger partial charge in [-0.05, 0) is 52.0 Å². The van der Waals surface area contributed by atoms with E-state index in [0.29, 0.717) is 0 Å². The lowest BCUT2D eigenvalue weighted by atomic mass is 9.94. The molecule has 1 saturated heterocycles. The van der Waals surface area contributed by atoms with Gasteiger partial charge in [-0.15, -0.1) is 0 Å². The molecule has 3 atom stereocenters. The number of hydrogen-bond acceptors (Lipinski definition) is 2. The SMILES string of the molecule is CCNC1CCN(C(C)CCC(C)C)C(C)C1. The Kier molecular flexibility index (Phi) is 6.50. The first-order chi connectivity index (χ1) is 8.04. The number of nitrogens with one attached hydrogen (secondary N) is 1. The number of piperidine rings is 1. The number of nitrogens with zero attached hydrogens (tertiary/aromatic N) is 1. The Morgan fingerprint density at radius 2 is 1.94 bits per heavy atom. The first kappa shape index (κ1) is 15.0. The third-order valence-electron chi connectivity index (χ3n) is 4.15. The van der Waals surface area contributed by atoms with Gasteiger partial charge < -0.3 is 5.32 Å². The van der Waals surface area contributed by atoms with Crippen molar-refractivity contribution in [2.45, 2.75) is 78.4 Å². The van der Waals surface area contributed by atoms with Crippen LogP contribution in [0.15, 0.2) is 0 Å². The summed E-state index contributed by atoms with van der Waals surface area (Å²) < 4.78 is 0. The van der Waals surface area contributed by atoms with Crippen molar-refractivity contribution in [3.8, 4) is 0 Å². The van der Waals surface area contributed by atoms with Gasteiger partial charge in [-0.25, -0.2) is 0 Å². The molecule has 1 N–H and O–H groups in total. The van der Waals surface area contributed by atoms with Crippen molar-refractivity contribution in [1.82, 2.24) is 10.2 Å². The van der Waals surface area contributed by atoms with Crippen molar-refractivity contribution < 1.29 is 0 Å². The molecule has 0 aromatic heterocycles. The van der Waals surface area contributed by atoms with Crippen molar-refractivity contribution in [1.29, 1.82) is 0 Å². The fraction of sp³-hybridized carbons (Fsp3) is 1.00. The summed E-state index contributed by atoms with van der Waals surface area (Å²) >= 11 is 0. The molecule has 0 amide bonds. The molecule has 0 saturated carbocycles. The normalized spacial score (nSPS) is 28.6. The van der Waals surface area contributed by atoms with Gasteiger partial charge in [0.2, 0.25) is 0 Å². The van der Waals surface area contributed by atoms with Crippen LogP contribution in [0.2, 0.25) is 0 Å². The molecule has 102 valence electrons. The van der Waals surface area contributed by atoms with Crippen LogP contribution in [0.25, 0.3) is 0 Å². The highest BCUT2D eigenvalue weighted by molar-refractivity contribution is 4.85. The zero-order valence-electron chi connectivity index (χ0n) is 12.5. The highest BCUT2D eigenvalue weighted by Gasteiger charge is 2.27. The van der Waals surface area contributed by atoms with Gasteiger partial charge in [0.1, 0.15) is 0 Å². The Morgan fingerprint density at radius 1 is 1.24 bits per heavy atom. The van der Waals surface area contributed by atoms with Gasteiger partial charge in [0.05, 0.1) is 0 Å². The molecular weight excluding hydrogens is 208 g/mol. The Morgan fingerprint density at radius 3 is 2.47 bits per heavy atom. The maximum absolute atomic E-state index is 3.60. The van der Waals surface area contributed by atoms with E-state index in [1.54, 1.807) is 0 Å². The molecule has 1 aliphatic heterocycles. The average Bonchev–Trinajstić information content (AvgIpc) is 2.26. The first-order valence-electron chi connectivity index (χ1n) is 7.53. The van der Waals surface area contributed by atoms with Crippen LogP contribution in [0.4, 0.5) is 0 Å². The standard InChI is InChI=1S/C15H32N2/c1-6-16-15-9-10-17(14(5)11-15)13(4)8-7-12(2)3/h12-16H,6-11H2,1-5H3. The number of likely N-dealkylation sites (tertiary alicyclic amines) is 1. The van der Waals surface area contributed by atoms with Crippen molar-refractivity contribution in [2.24, 2.45) is 5.92 Å². The van der Waals surface area contributed by atoms with Crippen LogP contribution in [0.3, 0.4) is 0 Å². The van der Waals surface area contributed by atoms with Gasteiger partial charge in [-0.3, -0.25) is 4.90 Å². The molecule has 0 radical (unpaired) electrons. The minimum absolute atomic E-state index is 0.745. The smallest absolute Gasteiger partial charge is 0.00939 e. The summed E-state index contributed by atoms with van der Waals surface area (Å²) in [6, 6.07) is 2.26. The summed E-state index contributed by atoms with van der Waals surface area (Å²) in [4.78, 5) is 2.72. The average molecular weight is 240 g/mol. The molecular formula is C15H32N2. The van der Waals surface area contributed by atoms with Crippen molar-refractivity contribution in [3.05, 3.63) is 0 Å². The van der Waals surface area contributed by atoms with E-state index in [2.05, 4.69) is 44.8 Å². The van der Waals surface area contributed by atoms with Gasteiger partial charge in [0.25, 0.3) is 0 Å². The molecule has 0 aromatic rings. The third kappa shape index (κ3) is 4.97. The number of hydrogen-bond donors (Lipinski definition) is 1. The Labute approximate surface area is 108 Å². The Balaban J connectivity index is 2.34. The summed E-state index contributed by atoms with van der Waals surface area (Å²) in [5.41, 5.74) is 0. The van der Waals surface area contributed by atoms with Crippen molar-refractivity contribution >= 4 is 0 Å². The quantitative estimate of drug-likeness (QED) is 0.766. The van der Waals surface area contributed by atoms with E-state index in [0.717, 1.165) is 30.6 Å². The molecule has 0 aliphatic carbocycles. The molecule has 1 fully saturated rings. The molecule has 2 nitrogen and oxygen atoms in total. The second-order valence-corrected chi connectivity index (χ2v) is 6.19. The summed E-state index contributed by atoms with van der Waals surface area (Å²) in [7, 11) is 0. The summed E-state index contributed by atoms with van der Waals surface area (Å²) in [6.07, 6.45) is 5.36. The molecule has 0 aromatic carbocycles. The lowest BCUT2D eigenvalue weighted by Gasteiger charge is -2.41. The van der Waals surface area contributed by atoms with Gasteiger partial charge in [-0.2, -0.15) is 0 Å². The molecule has 2 heteroatoms. The molecule has 3 unspecified atom stereocenters. The molecule has 17 heavy (non-hydrogen) atoms. The zero-order valence-corrected chi connectivity index (χ0v) is 12.5. The molecule has 1 aliphatic rings. The maximum Gasteiger partial charge on any atom is 0.00939 e. The van der Waals surface area contributed by atoms with Crippen molar-refractivity contribution in [3.63, 3.8) is 0 Å². The molecule has 1 heterocycles. The zero-order chi connectivity index (χ0) is 12.8. The van der Waals surface area contributed by atoms with E-state index in [4.69, 9.17) is 0 Å². The summed E-state index contributed by atoms with van der Waals surface area (Å²) in [5.74, 6) is 0.840. The minimum Gasteiger partial charge on any atom is -0.314 e. The van der Waals surface area contributed by atoms with Crippen LogP contribution < -0.4 is 5.32 Å². The lowest BCUT2D eigenvalue weighted by Crippen LogP contribution is -2.50. The van der Waals surface area contributed by atoms with Crippen LogP contribution in [0.5, 0.6) is 0 Å². The van der Waals surface area contributed by atoms with Gasteiger partial charge in [0.15, 0.2) is 0 Å². The maximum atomic E-state index is 3.60. The van der Waals surface area contributed by atoms with Crippen molar-refractivity contribution in [2.75, 3.05) is 13.1 Å². The van der Waals surface area contributed by atoms with E-state index in [-0.39, 0.29) is 0 Å². The van der Waals surface area contributed by atoms with Gasteiger partial charge in [-0.1, -0.05) is 20.8 Å². The fourth-order valence-corrected chi connectivity index (χ4v) is 3.06. The predicted octanol–water partition coefficient (Wildman–Crippen LogP) is 3.27.